The van der Waals surface area contributed by atoms with Crippen molar-refractivity contribution in [2.24, 2.45) is 5.92 Å². The molecule has 0 N–H and O–H groups in total. The molecule has 6 heteroatoms. The Bertz CT molecular complexity index is 903. The highest BCUT2D eigenvalue weighted by atomic mass is 35.5. The summed E-state index contributed by atoms with van der Waals surface area (Å²) < 4.78 is 1.66. The number of fused-ring (bicyclic) bond motifs is 1. The zero-order valence-electron chi connectivity index (χ0n) is 17.1. The number of hydrogen-bond acceptors (Lipinski definition) is 3. The van der Waals surface area contributed by atoms with Gasteiger partial charge in [-0.25, -0.2) is 4.98 Å². The Morgan fingerprint density at radius 3 is 2.68 bits per heavy atom. The molecule has 1 fully saturated rings. The number of rotatable bonds is 7. The second-order valence-electron chi connectivity index (χ2n) is 7.73. The van der Waals surface area contributed by atoms with E-state index in [-0.39, 0.29) is 17.5 Å². The minimum Gasteiger partial charge on any atom is -0.333 e. The van der Waals surface area contributed by atoms with Gasteiger partial charge in [0.05, 0.1) is 16.9 Å². The number of carbonyl (C=O) groups excluding carboxylic acids is 1. The van der Waals surface area contributed by atoms with Crippen molar-refractivity contribution in [2.45, 2.75) is 71.9 Å². The van der Waals surface area contributed by atoms with Crippen LogP contribution in [-0.4, -0.2) is 26.9 Å². The topological polar surface area (TPSA) is 55.2 Å². The molecule has 1 aliphatic rings. The number of halogens is 1. The van der Waals surface area contributed by atoms with Gasteiger partial charge in [0.15, 0.2) is 0 Å². The maximum absolute atomic E-state index is 13.0. The lowest BCUT2D eigenvalue weighted by Crippen LogP contribution is -2.37. The molecule has 1 amide bonds. The summed E-state index contributed by atoms with van der Waals surface area (Å²) in [6, 6.07) is 4.92. The van der Waals surface area contributed by atoms with Crippen LogP contribution in [0.25, 0.3) is 10.9 Å². The van der Waals surface area contributed by atoms with E-state index >= 15 is 0 Å². The van der Waals surface area contributed by atoms with E-state index in [1.807, 2.05) is 25.7 Å². The SMILES string of the molecule is CCN(C(=O)CCC1CCCC1)C(C)c1nc2ccc(Cl)cc2c(=O)n1CC. The van der Waals surface area contributed by atoms with Gasteiger partial charge in [-0.15, -0.1) is 0 Å². The summed E-state index contributed by atoms with van der Waals surface area (Å²) in [6.07, 6.45) is 6.62. The first-order chi connectivity index (χ1) is 13.5. The molecule has 5 nitrogen and oxygen atoms in total. The van der Waals surface area contributed by atoms with E-state index in [4.69, 9.17) is 16.6 Å². The van der Waals surface area contributed by atoms with E-state index in [0.29, 0.717) is 47.2 Å². The molecule has 0 radical (unpaired) electrons. The van der Waals surface area contributed by atoms with Gasteiger partial charge in [0.1, 0.15) is 5.82 Å². The van der Waals surface area contributed by atoms with Crippen LogP contribution < -0.4 is 5.56 Å². The quantitative estimate of drug-likeness (QED) is 0.657. The monoisotopic (exact) mass is 403 g/mol. The molecular formula is C22H30ClN3O2. The van der Waals surface area contributed by atoms with Gasteiger partial charge in [0.25, 0.3) is 5.56 Å². The fraction of sp³-hybridized carbons (Fsp3) is 0.591. The standard InChI is InChI=1S/C22H30ClN3O2/c1-4-25(20(27)13-10-16-8-6-7-9-16)15(3)21-24-19-12-11-17(23)14-18(19)22(28)26(21)5-2/h11-12,14-16H,4-10,13H2,1-3H3. The van der Waals surface area contributed by atoms with E-state index in [2.05, 4.69) is 0 Å². The predicted octanol–water partition coefficient (Wildman–Crippen LogP) is 4.95. The molecule has 1 atom stereocenters. The molecule has 1 saturated carbocycles. The molecular weight excluding hydrogens is 374 g/mol. The number of aromatic nitrogens is 2. The van der Waals surface area contributed by atoms with E-state index in [9.17, 15) is 9.59 Å². The Hall–Kier alpha value is -1.88. The Balaban J connectivity index is 1.89. The van der Waals surface area contributed by atoms with Crippen LogP contribution in [0.15, 0.2) is 23.0 Å². The normalized spacial score (nSPS) is 15.9. The second-order valence-corrected chi connectivity index (χ2v) is 8.16. The number of carbonyl (C=O) groups is 1. The Morgan fingerprint density at radius 2 is 2.04 bits per heavy atom. The second kappa shape index (κ2) is 9.08. The summed E-state index contributed by atoms with van der Waals surface area (Å²) in [6.45, 7) is 6.98. The van der Waals surface area contributed by atoms with Gasteiger partial charge < -0.3 is 4.90 Å². The van der Waals surface area contributed by atoms with Crippen molar-refractivity contribution >= 4 is 28.4 Å². The van der Waals surface area contributed by atoms with E-state index in [1.165, 1.54) is 25.7 Å². The van der Waals surface area contributed by atoms with Crippen LogP contribution in [0, 0.1) is 5.92 Å². The maximum Gasteiger partial charge on any atom is 0.261 e. The Kier molecular flexibility index (Phi) is 6.76. The number of amides is 1. The third kappa shape index (κ3) is 4.24. The van der Waals surface area contributed by atoms with Crippen LogP contribution in [0.5, 0.6) is 0 Å². The fourth-order valence-electron chi connectivity index (χ4n) is 4.41. The first-order valence-corrected chi connectivity index (χ1v) is 10.8. The molecule has 0 aliphatic heterocycles. The van der Waals surface area contributed by atoms with Gasteiger partial charge in [0.2, 0.25) is 5.91 Å². The van der Waals surface area contributed by atoms with Crippen molar-refractivity contribution in [1.82, 2.24) is 14.5 Å². The third-order valence-electron chi connectivity index (χ3n) is 6.01. The fourth-order valence-corrected chi connectivity index (χ4v) is 4.58. The van der Waals surface area contributed by atoms with E-state index < -0.39 is 0 Å². The lowest BCUT2D eigenvalue weighted by molar-refractivity contribution is -0.133. The summed E-state index contributed by atoms with van der Waals surface area (Å²) >= 11 is 6.06. The lowest BCUT2D eigenvalue weighted by Gasteiger charge is -2.29. The molecule has 1 unspecified atom stereocenters. The predicted molar refractivity (Wildman–Crippen MR) is 114 cm³/mol. The van der Waals surface area contributed by atoms with Crippen LogP contribution in [0.3, 0.4) is 0 Å². The average Bonchev–Trinajstić information content (AvgIpc) is 3.21. The molecule has 1 aliphatic carbocycles. The van der Waals surface area contributed by atoms with Crippen LogP contribution in [0.2, 0.25) is 5.02 Å². The van der Waals surface area contributed by atoms with Crippen LogP contribution in [0.1, 0.15) is 71.2 Å². The summed E-state index contributed by atoms with van der Waals surface area (Å²) in [7, 11) is 0. The van der Waals surface area contributed by atoms with Gasteiger partial charge in [-0.2, -0.15) is 0 Å². The first-order valence-electron chi connectivity index (χ1n) is 10.5. The van der Waals surface area contributed by atoms with E-state index in [1.54, 1.807) is 22.8 Å². The summed E-state index contributed by atoms with van der Waals surface area (Å²) in [5.41, 5.74) is 0.515. The smallest absolute Gasteiger partial charge is 0.261 e. The molecule has 2 aromatic rings. The van der Waals surface area contributed by atoms with Crippen LogP contribution in [0.4, 0.5) is 0 Å². The molecule has 1 aromatic heterocycles. The highest BCUT2D eigenvalue weighted by Crippen LogP contribution is 2.29. The molecule has 3 rings (SSSR count). The van der Waals surface area contributed by atoms with Crippen molar-refractivity contribution in [1.29, 1.82) is 0 Å². The maximum atomic E-state index is 13.0. The zero-order valence-corrected chi connectivity index (χ0v) is 17.8. The largest absolute Gasteiger partial charge is 0.333 e. The van der Waals surface area contributed by atoms with Crippen molar-refractivity contribution in [2.75, 3.05) is 6.54 Å². The van der Waals surface area contributed by atoms with Crippen molar-refractivity contribution < 1.29 is 4.79 Å². The number of benzene rings is 1. The molecule has 28 heavy (non-hydrogen) atoms. The summed E-state index contributed by atoms with van der Waals surface area (Å²) in [5.74, 6) is 1.48. The molecule has 0 spiro atoms. The molecule has 0 bridgehead atoms. The van der Waals surface area contributed by atoms with Gasteiger partial charge in [-0.05, 0) is 51.3 Å². The highest BCUT2D eigenvalue weighted by Gasteiger charge is 2.26. The minimum atomic E-state index is -0.256. The van der Waals surface area contributed by atoms with Crippen molar-refractivity contribution in [3.63, 3.8) is 0 Å². The molecule has 0 saturated heterocycles. The minimum absolute atomic E-state index is 0.105. The Morgan fingerprint density at radius 1 is 1.32 bits per heavy atom. The number of hydrogen-bond donors (Lipinski definition) is 0. The highest BCUT2D eigenvalue weighted by molar-refractivity contribution is 6.31. The lowest BCUT2D eigenvalue weighted by atomic mass is 10.0. The molecule has 152 valence electrons. The van der Waals surface area contributed by atoms with Gasteiger partial charge in [-0.3, -0.25) is 14.2 Å². The van der Waals surface area contributed by atoms with Gasteiger partial charge in [0, 0.05) is 24.5 Å². The Labute approximate surface area is 171 Å². The van der Waals surface area contributed by atoms with Crippen molar-refractivity contribution in [3.8, 4) is 0 Å². The van der Waals surface area contributed by atoms with Gasteiger partial charge in [-0.1, -0.05) is 37.3 Å². The van der Waals surface area contributed by atoms with Gasteiger partial charge >= 0.3 is 0 Å². The molecule has 1 heterocycles. The summed E-state index contributed by atoms with van der Waals surface area (Å²) in [4.78, 5) is 32.5. The first kappa shape index (κ1) is 20.8. The molecule has 1 aromatic carbocycles. The van der Waals surface area contributed by atoms with E-state index in [0.717, 1.165) is 6.42 Å². The zero-order chi connectivity index (χ0) is 20.3. The van der Waals surface area contributed by atoms with Crippen LogP contribution >= 0.6 is 11.6 Å². The summed E-state index contributed by atoms with van der Waals surface area (Å²) in [5, 5.41) is 1.04. The number of nitrogens with zero attached hydrogens (tertiary/aromatic N) is 3. The third-order valence-corrected chi connectivity index (χ3v) is 6.24. The van der Waals surface area contributed by atoms with Crippen LogP contribution in [-0.2, 0) is 11.3 Å². The average molecular weight is 404 g/mol. The van der Waals surface area contributed by atoms with Crippen molar-refractivity contribution in [3.05, 3.63) is 39.4 Å².